The van der Waals surface area contributed by atoms with Crippen LogP contribution >= 0.6 is 11.6 Å². The summed E-state index contributed by atoms with van der Waals surface area (Å²) >= 11 is 5.95. The summed E-state index contributed by atoms with van der Waals surface area (Å²) in [5, 5.41) is 15.7. The van der Waals surface area contributed by atoms with E-state index >= 15 is 0 Å². The molecule has 5 heteroatoms. The van der Waals surface area contributed by atoms with Gasteiger partial charge in [0, 0.05) is 23.0 Å². The minimum absolute atomic E-state index is 0.0740. The Morgan fingerprint density at radius 2 is 2.09 bits per heavy atom. The first-order chi connectivity index (χ1) is 10.6. The summed E-state index contributed by atoms with van der Waals surface area (Å²) < 4.78 is 0. The average Bonchev–Trinajstić information content (AvgIpc) is 2.52. The number of amides is 1. The van der Waals surface area contributed by atoms with Crippen molar-refractivity contribution in [3.05, 3.63) is 40.6 Å². The highest BCUT2D eigenvalue weighted by Crippen LogP contribution is 2.21. The van der Waals surface area contributed by atoms with Crippen molar-refractivity contribution in [2.45, 2.75) is 45.1 Å². The molecule has 1 fully saturated rings. The third-order valence-corrected chi connectivity index (χ3v) is 4.11. The zero-order valence-corrected chi connectivity index (χ0v) is 13.4. The highest BCUT2D eigenvalue weighted by atomic mass is 35.5. The van der Waals surface area contributed by atoms with Crippen LogP contribution in [-0.4, -0.2) is 11.9 Å². The van der Waals surface area contributed by atoms with Crippen LogP contribution in [0.5, 0.6) is 0 Å². The van der Waals surface area contributed by atoms with E-state index in [-0.39, 0.29) is 17.5 Å². The van der Waals surface area contributed by atoms with Gasteiger partial charge in [-0.3, -0.25) is 4.79 Å². The molecular formula is C17H20ClN3O. The maximum absolute atomic E-state index is 12.1. The lowest BCUT2D eigenvalue weighted by Crippen LogP contribution is -2.37. The molecule has 0 atom stereocenters. The Balaban J connectivity index is 2.02. The Bertz CT molecular complexity index is 613. The van der Waals surface area contributed by atoms with Crippen LogP contribution in [-0.2, 0) is 4.79 Å². The minimum Gasteiger partial charge on any atom is -0.360 e. The average molecular weight is 318 g/mol. The molecule has 0 unspecified atom stereocenters. The van der Waals surface area contributed by atoms with Gasteiger partial charge in [0.05, 0.1) is 0 Å². The van der Waals surface area contributed by atoms with E-state index in [9.17, 15) is 10.1 Å². The van der Waals surface area contributed by atoms with Crippen molar-refractivity contribution in [3.63, 3.8) is 0 Å². The highest BCUT2D eigenvalue weighted by molar-refractivity contribution is 6.30. The van der Waals surface area contributed by atoms with Gasteiger partial charge >= 0.3 is 0 Å². The van der Waals surface area contributed by atoms with Crippen LogP contribution < -0.4 is 10.6 Å². The summed E-state index contributed by atoms with van der Waals surface area (Å²) in [7, 11) is 0. The summed E-state index contributed by atoms with van der Waals surface area (Å²) in [6.45, 7) is 1.93. The molecule has 1 aromatic carbocycles. The van der Waals surface area contributed by atoms with Gasteiger partial charge in [-0.15, -0.1) is 0 Å². The van der Waals surface area contributed by atoms with Crippen molar-refractivity contribution in [1.29, 1.82) is 5.26 Å². The maximum Gasteiger partial charge on any atom is 0.263 e. The Morgan fingerprint density at radius 3 is 2.77 bits per heavy atom. The molecule has 0 aliphatic heterocycles. The summed E-state index contributed by atoms with van der Waals surface area (Å²) in [5.74, 6) is -0.318. The fourth-order valence-corrected chi connectivity index (χ4v) is 2.73. The fourth-order valence-electron chi connectivity index (χ4n) is 2.56. The largest absolute Gasteiger partial charge is 0.360 e. The Kier molecular flexibility index (Phi) is 5.85. The van der Waals surface area contributed by atoms with Gasteiger partial charge in [-0.1, -0.05) is 36.9 Å². The Hall–Kier alpha value is -1.99. The van der Waals surface area contributed by atoms with Crippen LogP contribution in [0.4, 0.5) is 5.69 Å². The van der Waals surface area contributed by atoms with E-state index in [1.54, 1.807) is 12.1 Å². The van der Waals surface area contributed by atoms with Crippen molar-refractivity contribution >= 4 is 23.2 Å². The smallest absolute Gasteiger partial charge is 0.263 e. The molecule has 0 saturated heterocycles. The molecule has 0 heterocycles. The number of hydrogen-bond acceptors (Lipinski definition) is 3. The predicted octanol–water partition coefficient (Wildman–Crippen LogP) is 3.92. The number of nitriles is 1. The van der Waals surface area contributed by atoms with E-state index in [1.165, 1.54) is 12.6 Å². The molecule has 0 spiro atoms. The molecule has 22 heavy (non-hydrogen) atoms. The number of aryl methyl sites for hydroxylation is 1. The number of nitrogens with zero attached hydrogens (tertiary/aromatic N) is 1. The molecule has 0 aromatic heterocycles. The van der Waals surface area contributed by atoms with Crippen LogP contribution in [0.2, 0.25) is 5.02 Å². The molecule has 2 N–H and O–H groups in total. The lowest BCUT2D eigenvalue weighted by molar-refractivity contribution is -0.118. The number of carbonyl (C=O) groups excluding carboxylic acids is 1. The third-order valence-electron chi connectivity index (χ3n) is 3.88. The van der Waals surface area contributed by atoms with Crippen LogP contribution in [0.1, 0.15) is 37.7 Å². The van der Waals surface area contributed by atoms with Crippen LogP contribution in [0, 0.1) is 18.3 Å². The number of hydrogen-bond donors (Lipinski definition) is 2. The highest BCUT2D eigenvalue weighted by Gasteiger charge is 2.18. The van der Waals surface area contributed by atoms with E-state index in [0.717, 1.165) is 36.9 Å². The van der Waals surface area contributed by atoms with Crippen molar-refractivity contribution < 1.29 is 4.79 Å². The first kappa shape index (κ1) is 16.4. The molecule has 2 rings (SSSR count). The Morgan fingerprint density at radius 1 is 1.36 bits per heavy atom. The molecule has 1 amide bonds. The van der Waals surface area contributed by atoms with Gasteiger partial charge in [0.25, 0.3) is 5.91 Å². The zero-order chi connectivity index (χ0) is 15.9. The van der Waals surface area contributed by atoms with Crippen molar-refractivity contribution in [3.8, 4) is 6.07 Å². The van der Waals surface area contributed by atoms with Gasteiger partial charge in [-0.25, -0.2) is 0 Å². The van der Waals surface area contributed by atoms with E-state index in [1.807, 2.05) is 19.1 Å². The minimum atomic E-state index is -0.318. The number of halogens is 1. The monoisotopic (exact) mass is 317 g/mol. The molecule has 1 aliphatic carbocycles. The maximum atomic E-state index is 12.1. The van der Waals surface area contributed by atoms with E-state index in [2.05, 4.69) is 10.6 Å². The third kappa shape index (κ3) is 4.51. The SMILES string of the molecule is Cc1ccc(Cl)cc1N/C=C(/C#N)C(=O)NC1CCCCC1. The fraction of sp³-hybridized carbons (Fsp3) is 0.412. The van der Waals surface area contributed by atoms with E-state index in [4.69, 9.17) is 11.6 Å². The lowest BCUT2D eigenvalue weighted by atomic mass is 9.95. The molecule has 0 bridgehead atoms. The van der Waals surface area contributed by atoms with Crippen LogP contribution in [0.3, 0.4) is 0 Å². The lowest BCUT2D eigenvalue weighted by Gasteiger charge is -2.22. The zero-order valence-electron chi connectivity index (χ0n) is 12.7. The standard InChI is InChI=1S/C17H20ClN3O/c1-12-7-8-14(18)9-16(12)20-11-13(10-19)17(22)21-15-5-3-2-4-6-15/h7-9,11,15,20H,2-6H2,1H3,(H,21,22)/b13-11-. The number of nitrogens with one attached hydrogen (secondary N) is 2. The van der Waals surface area contributed by atoms with Gasteiger partial charge < -0.3 is 10.6 Å². The number of benzene rings is 1. The molecule has 116 valence electrons. The number of rotatable bonds is 4. The summed E-state index contributed by atoms with van der Waals surface area (Å²) in [4.78, 5) is 12.1. The topological polar surface area (TPSA) is 64.9 Å². The van der Waals surface area contributed by atoms with E-state index in [0.29, 0.717) is 5.02 Å². The van der Waals surface area contributed by atoms with Gasteiger partial charge in [-0.05, 0) is 37.5 Å². The van der Waals surface area contributed by atoms with Crippen LogP contribution in [0.15, 0.2) is 30.0 Å². The van der Waals surface area contributed by atoms with Gasteiger partial charge in [0.2, 0.25) is 0 Å². The number of anilines is 1. The second-order valence-corrected chi connectivity index (χ2v) is 6.02. The number of carbonyl (C=O) groups is 1. The predicted molar refractivity (Wildman–Crippen MR) is 88.5 cm³/mol. The molecule has 1 aromatic rings. The van der Waals surface area contributed by atoms with E-state index < -0.39 is 0 Å². The first-order valence-corrected chi connectivity index (χ1v) is 7.92. The quantitative estimate of drug-likeness (QED) is 0.653. The van der Waals surface area contributed by atoms with Crippen LogP contribution in [0.25, 0.3) is 0 Å². The molecule has 0 radical (unpaired) electrons. The second kappa shape index (κ2) is 7.86. The van der Waals surface area contributed by atoms with Crippen molar-refractivity contribution in [2.75, 3.05) is 5.32 Å². The normalized spacial score (nSPS) is 16.0. The molecule has 4 nitrogen and oxygen atoms in total. The molecule has 1 saturated carbocycles. The van der Waals surface area contributed by atoms with Crippen molar-refractivity contribution in [2.24, 2.45) is 0 Å². The first-order valence-electron chi connectivity index (χ1n) is 7.54. The van der Waals surface area contributed by atoms with Gasteiger partial charge in [-0.2, -0.15) is 5.26 Å². The summed E-state index contributed by atoms with van der Waals surface area (Å²) in [6.07, 6.45) is 6.92. The Labute approximate surface area is 136 Å². The molecule has 1 aliphatic rings. The van der Waals surface area contributed by atoms with Gasteiger partial charge in [0.1, 0.15) is 11.6 Å². The summed E-state index contributed by atoms with van der Waals surface area (Å²) in [5.41, 5.74) is 1.85. The van der Waals surface area contributed by atoms with Crippen molar-refractivity contribution in [1.82, 2.24) is 5.32 Å². The summed E-state index contributed by atoms with van der Waals surface area (Å²) in [6, 6.07) is 7.58. The second-order valence-electron chi connectivity index (χ2n) is 5.58. The molecular weight excluding hydrogens is 298 g/mol. The van der Waals surface area contributed by atoms with Gasteiger partial charge in [0.15, 0.2) is 0 Å².